The van der Waals surface area contributed by atoms with E-state index < -0.39 is 0 Å². The number of benzene rings is 3. The molecule has 0 bridgehead atoms. The van der Waals surface area contributed by atoms with Gasteiger partial charge in [-0.2, -0.15) is 0 Å². The highest BCUT2D eigenvalue weighted by Gasteiger charge is 2.16. The largest absolute Gasteiger partial charge is 0.349 e. The summed E-state index contributed by atoms with van der Waals surface area (Å²) in [5.74, 6) is 1.10. The predicted octanol–water partition coefficient (Wildman–Crippen LogP) is 5.09. The van der Waals surface area contributed by atoms with Crippen molar-refractivity contribution in [3.05, 3.63) is 78.4 Å². The van der Waals surface area contributed by atoms with E-state index in [-0.39, 0.29) is 11.9 Å². The van der Waals surface area contributed by atoms with Gasteiger partial charge in [0.1, 0.15) is 0 Å². The SMILES string of the molecule is CCn1c(SCC(=O)N[C@H](C)c2cccc3ccccc23)nnc1-c1ccccc1. The fraction of sp³-hybridized carbons (Fsp3) is 0.208. The number of carbonyl (C=O) groups excluding carboxylic acids is 1. The van der Waals surface area contributed by atoms with E-state index in [1.165, 1.54) is 22.5 Å². The topological polar surface area (TPSA) is 59.8 Å². The summed E-state index contributed by atoms with van der Waals surface area (Å²) in [6.07, 6.45) is 0. The number of nitrogens with one attached hydrogen (secondary N) is 1. The summed E-state index contributed by atoms with van der Waals surface area (Å²) in [6.45, 7) is 4.82. The van der Waals surface area contributed by atoms with Gasteiger partial charge in [0.2, 0.25) is 5.91 Å². The molecule has 0 radical (unpaired) electrons. The summed E-state index contributed by atoms with van der Waals surface area (Å²) in [5.41, 5.74) is 2.14. The number of aromatic nitrogens is 3. The molecule has 1 amide bonds. The quantitative estimate of drug-likeness (QED) is 0.427. The monoisotopic (exact) mass is 416 g/mol. The first-order valence-electron chi connectivity index (χ1n) is 10.1. The first-order valence-corrected chi connectivity index (χ1v) is 11.0. The van der Waals surface area contributed by atoms with Gasteiger partial charge in [-0.25, -0.2) is 0 Å². The summed E-state index contributed by atoms with van der Waals surface area (Å²) in [5, 5.41) is 14.9. The highest BCUT2D eigenvalue weighted by Crippen LogP contribution is 2.26. The van der Waals surface area contributed by atoms with Crippen LogP contribution in [0.1, 0.15) is 25.5 Å². The van der Waals surface area contributed by atoms with Crippen LogP contribution in [-0.2, 0) is 11.3 Å². The maximum absolute atomic E-state index is 12.6. The Morgan fingerprint density at radius 2 is 1.73 bits per heavy atom. The first kappa shape index (κ1) is 20.2. The minimum absolute atomic E-state index is 0.0210. The molecule has 0 aliphatic carbocycles. The van der Waals surface area contributed by atoms with Gasteiger partial charge in [-0.15, -0.1) is 10.2 Å². The molecule has 0 unspecified atom stereocenters. The summed E-state index contributed by atoms with van der Waals surface area (Å²) in [7, 11) is 0. The molecule has 0 aliphatic heterocycles. The third kappa shape index (κ3) is 4.24. The molecule has 0 spiro atoms. The van der Waals surface area contributed by atoms with Gasteiger partial charge in [-0.05, 0) is 30.2 Å². The maximum atomic E-state index is 12.6. The van der Waals surface area contributed by atoms with Crippen molar-refractivity contribution in [2.24, 2.45) is 0 Å². The number of carbonyl (C=O) groups is 1. The molecule has 0 saturated carbocycles. The summed E-state index contributed by atoms with van der Waals surface area (Å²) >= 11 is 1.41. The van der Waals surface area contributed by atoms with Gasteiger partial charge in [0.15, 0.2) is 11.0 Å². The molecule has 1 atom stereocenters. The van der Waals surface area contributed by atoms with Crippen LogP contribution in [0.4, 0.5) is 0 Å². The van der Waals surface area contributed by atoms with Crippen LogP contribution in [0.5, 0.6) is 0 Å². The minimum Gasteiger partial charge on any atom is -0.349 e. The highest BCUT2D eigenvalue weighted by atomic mass is 32.2. The number of fused-ring (bicyclic) bond motifs is 1. The number of thioether (sulfide) groups is 1. The Labute approximate surface area is 180 Å². The van der Waals surface area contributed by atoms with Crippen LogP contribution in [0.3, 0.4) is 0 Å². The Balaban J connectivity index is 1.43. The molecule has 4 rings (SSSR count). The molecule has 0 saturated heterocycles. The number of hydrogen-bond donors (Lipinski definition) is 1. The van der Waals surface area contributed by atoms with Crippen LogP contribution < -0.4 is 5.32 Å². The smallest absolute Gasteiger partial charge is 0.230 e. The molecule has 1 heterocycles. The van der Waals surface area contributed by atoms with Crippen molar-refractivity contribution >= 4 is 28.4 Å². The van der Waals surface area contributed by atoms with Gasteiger partial charge in [0.25, 0.3) is 0 Å². The molecule has 1 aromatic heterocycles. The van der Waals surface area contributed by atoms with Crippen molar-refractivity contribution in [1.29, 1.82) is 0 Å². The molecule has 4 aromatic rings. The lowest BCUT2D eigenvalue weighted by atomic mass is 10.00. The van der Waals surface area contributed by atoms with E-state index in [0.717, 1.165) is 28.7 Å². The predicted molar refractivity (Wildman–Crippen MR) is 122 cm³/mol. The van der Waals surface area contributed by atoms with Gasteiger partial charge in [-0.1, -0.05) is 84.6 Å². The lowest BCUT2D eigenvalue weighted by molar-refractivity contribution is -0.119. The third-order valence-electron chi connectivity index (χ3n) is 5.06. The molecule has 0 aliphatic rings. The number of hydrogen-bond acceptors (Lipinski definition) is 4. The van der Waals surface area contributed by atoms with Crippen LogP contribution in [0.25, 0.3) is 22.2 Å². The van der Waals surface area contributed by atoms with Crippen molar-refractivity contribution in [2.45, 2.75) is 31.6 Å². The maximum Gasteiger partial charge on any atom is 0.230 e. The number of rotatable bonds is 7. The first-order chi connectivity index (χ1) is 14.7. The Bertz CT molecular complexity index is 1150. The van der Waals surface area contributed by atoms with Crippen molar-refractivity contribution in [3.63, 3.8) is 0 Å². The second-order valence-electron chi connectivity index (χ2n) is 7.06. The minimum atomic E-state index is -0.0758. The Hall–Kier alpha value is -3.12. The van der Waals surface area contributed by atoms with Crippen LogP contribution in [0, 0.1) is 0 Å². The van der Waals surface area contributed by atoms with Gasteiger partial charge >= 0.3 is 0 Å². The normalized spacial score (nSPS) is 12.1. The van der Waals surface area contributed by atoms with Crippen molar-refractivity contribution in [2.75, 3.05) is 5.75 Å². The van der Waals surface area contributed by atoms with Crippen LogP contribution in [0.15, 0.2) is 78.0 Å². The Morgan fingerprint density at radius 1 is 1.00 bits per heavy atom. The molecular formula is C24H24N4OS. The van der Waals surface area contributed by atoms with E-state index in [2.05, 4.69) is 46.7 Å². The van der Waals surface area contributed by atoms with E-state index in [1.54, 1.807) is 0 Å². The van der Waals surface area contributed by atoms with Crippen LogP contribution in [-0.4, -0.2) is 26.4 Å². The molecule has 30 heavy (non-hydrogen) atoms. The lowest BCUT2D eigenvalue weighted by Gasteiger charge is -2.16. The fourth-order valence-electron chi connectivity index (χ4n) is 3.60. The Morgan fingerprint density at radius 3 is 2.53 bits per heavy atom. The van der Waals surface area contributed by atoms with Crippen LogP contribution >= 0.6 is 11.8 Å². The summed E-state index contributed by atoms with van der Waals surface area (Å²) < 4.78 is 2.04. The van der Waals surface area contributed by atoms with Gasteiger partial charge in [0, 0.05) is 12.1 Å². The zero-order valence-electron chi connectivity index (χ0n) is 17.1. The van der Waals surface area contributed by atoms with Gasteiger partial charge < -0.3 is 9.88 Å². The van der Waals surface area contributed by atoms with E-state index in [0.29, 0.717) is 5.75 Å². The van der Waals surface area contributed by atoms with Crippen molar-refractivity contribution < 1.29 is 4.79 Å². The van der Waals surface area contributed by atoms with E-state index >= 15 is 0 Å². The van der Waals surface area contributed by atoms with E-state index in [1.807, 2.05) is 60.0 Å². The van der Waals surface area contributed by atoms with Gasteiger partial charge in [0.05, 0.1) is 11.8 Å². The van der Waals surface area contributed by atoms with Crippen molar-refractivity contribution in [1.82, 2.24) is 20.1 Å². The molecule has 3 aromatic carbocycles. The number of nitrogens with zero attached hydrogens (tertiary/aromatic N) is 3. The average molecular weight is 417 g/mol. The highest BCUT2D eigenvalue weighted by molar-refractivity contribution is 7.99. The summed E-state index contributed by atoms with van der Waals surface area (Å²) in [4.78, 5) is 12.6. The lowest BCUT2D eigenvalue weighted by Crippen LogP contribution is -2.28. The number of amides is 1. The van der Waals surface area contributed by atoms with E-state index in [9.17, 15) is 4.79 Å². The molecule has 6 heteroatoms. The van der Waals surface area contributed by atoms with Crippen LogP contribution in [0.2, 0.25) is 0 Å². The second kappa shape index (κ2) is 9.13. The fourth-order valence-corrected chi connectivity index (χ4v) is 4.41. The third-order valence-corrected chi connectivity index (χ3v) is 6.03. The van der Waals surface area contributed by atoms with E-state index in [4.69, 9.17) is 0 Å². The molecule has 0 fully saturated rings. The molecule has 1 N–H and O–H groups in total. The average Bonchev–Trinajstić information content (AvgIpc) is 3.20. The van der Waals surface area contributed by atoms with Crippen molar-refractivity contribution in [3.8, 4) is 11.4 Å². The Kier molecular flexibility index (Phi) is 6.14. The van der Waals surface area contributed by atoms with Gasteiger partial charge in [-0.3, -0.25) is 4.79 Å². The zero-order chi connectivity index (χ0) is 20.9. The summed E-state index contributed by atoms with van der Waals surface area (Å²) in [6, 6.07) is 24.3. The standard InChI is InChI=1S/C24H24N4OS/c1-3-28-23(19-11-5-4-6-12-19)26-27-24(28)30-16-22(29)25-17(2)20-15-9-13-18-10-7-8-14-21(18)20/h4-15,17H,3,16H2,1-2H3,(H,25,29)/t17-/m1/s1. The zero-order valence-corrected chi connectivity index (χ0v) is 17.9. The molecule has 152 valence electrons. The second-order valence-corrected chi connectivity index (χ2v) is 8.01. The molecular weight excluding hydrogens is 392 g/mol. The molecule has 5 nitrogen and oxygen atoms in total.